The Morgan fingerprint density at radius 3 is 3.00 bits per heavy atom. The molecule has 1 amide bonds. The highest BCUT2D eigenvalue weighted by atomic mass is 32.1. The molecule has 0 spiro atoms. The first-order valence-corrected chi connectivity index (χ1v) is 7.24. The zero-order chi connectivity index (χ0) is 14.5. The van der Waals surface area contributed by atoms with E-state index in [-0.39, 0.29) is 18.4 Å². The minimum Gasteiger partial charge on any atom is -0.392 e. The van der Waals surface area contributed by atoms with Crippen LogP contribution in [0.5, 0.6) is 0 Å². The average Bonchev–Trinajstić information content (AvgIpc) is 2.91. The lowest BCUT2D eigenvalue weighted by atomic mass is 10.2. The molecular weight excluding hydrogens is 274 g/mol. The van der Waals surface area contributed by atoms with Crippen molar-refractivity contribution in [2.75, 3.05) is 6.54 Å². The van der Waals surface area contributed by atoms with Gasteiger partial charge >= 0.3 is 0 Å². The minimum absolute atomic E-state index is 0.0996. The van der Waals surface area contributed by atoms with Gasteiger partial charge in [-0.1, -0.05) is 6.92 Å². The Hall–Kier alpha value is -1.79. The van der Waals surface area contributed by atoms with Gasteiger partial charge in [0.25, 0.3) is 5.91 Å². The molecule has 2 aromatic heterocycles. The van der Waals surface area contributed by atoms with Gasteiger partial charge in [0, 0.05) is 29.7 Å². The van der Waals surface area contributed by atoms with Crippen LogP contribution in [0.4, 0.5) is 0 Å². The van der Waals surface area contributed by atoms with Crippen LogP contribution in [-0.2, 0) is 6.61 Å². The Labute approximate surface area is 121 Å². The van der Waals surface area contributed by atoms with Crippen LogP contribution >= 0.6 is 11.3 Å². The molecule has 2 aromatic rings. The van der Waals surface area contributed by atoms with Crippen LogP contribution in [0, 0.1) is 6.92 Å². The van der Waals surface area contributed by atoms with Crippen molar-refractivity contribution in [2.24, 2.45) is 0 Å². The van der Waals surface area contributed by atoms with E-state index in [9.17, 15) is 4.79 Å². The van der Waals surface area contributed by atoms with E-state index < -0.39 is 0 Å². The van der Waals surface area contributed by atoms with E-state index >= 15 is 0 Å². The number of nitrogens with zero attached hydrogens (tertiary/aromatic N) is 2. The number of carbonyl (C=O) groups is 1. The molecule has 0 aliphatic heterocycles. The van der Waals surface area contributed by atoms with Crippen LogP contribution in [0.15, 0.2) is 23.7 Å². The van der Waals surface area contributed by atoms with Gasteiger partial charge in [0.1, 0.15) is 5.69 Å². The summed E-state index contributed by atoms with van der Waals surface area (Å²) in [5.41, 5.74) is 1.99. The van der Waals surface area contributed by atoms with E-state index in [1.165, 1.54) is 6.20 Å². The molecule has 0 saturated carbocycles. The summed E-state index contributed by atoms with van der Waals surface area (Å²) in [5, 5.41) is 14.9. The van der Waals surface area contributed by atoms with Crippen molar-refractivity contribution in [1.29, 1.82) is 0 Å². The van der Waals surface area contributed by atoms with Crippen LogP contribution in [0.2, 0.25) is 0 Å². The number of hydrogen-bond acceptors (Lipinski definition) is 5. The highest BCUT2D eigenvalue weighted by Crippen LogP contribution is 2.18. The monoisotopic (exact) mass is 291 g/mol. The lowest BCUT2D eigenvalue weighted by molar-refractivity contribution is 0.0946. The minimum atomic E-state index is -0.236. The van der Waals surface area contributed by atoms with Crippen LogP contribution in [0.1, 0.15) is 39.6 Å². The van der Waals surface area contributed by atoms with E-state index in [4.69, 9.17) is 5.11 Å². The molecule has 6 heteroatoms. The fourth-order valence-electron chi connectivity index (χ4n) is 1.72. The summed E-state index contributed by atoms with van der Waals surface area (Å²) in [6.07, 6.45) is 1.52. The molecule has 106 valence electrons. The van der Waals surface area contributed by atoms with E-state index in [1.54, 1.807) is 23.5 Å². The summed E-state index contributed by atoms with van der Waals surface area (Å²) in [7, 11) is 0. The van der Waals surface area contributed by atoms with Crippen molar-refractivity contribution in [3.8, 4) is 0 Å². The van der Waals surface area contributed by atoms with Crippen molar-refractivity contribution >= 4 is 17.2 Å². The molecule has 0 radical (unpaired) electrons. The number of aliphatic hydroxyl groups is 1. The fraction of sp³-hybridized carbons (Fsp3) is 0.357. The maximum absolute atomic E-state index is 12.0. The van der Waals surface area contributed by atoms with Crippen LogP contribution < -0.4 is 5.32 Å². The molecule has 0 aliphatic carbocycles. The summed E-state index contributed by atoms with van der Waals surface area (Å²) in [5.74, 6) is -0.0703. The molecule has 2 N–H and O–H groups in total. The van der Waals surface area contributed by atoms with Gasteiger partial charge in [-0.15, -0.1) is 11.3 Å². The fourth-order valence-corrected chi connectivity index (χ4v) is 2.58. The van der Waals surface area contributed by atoms with Gasteiger partial charge in [-0.25, -0.2) is 4.98 Å². The number of aryl methyl sites for hydroxylation is 1. The molecule has 2 rings (SSSR count). The number of thiazole rings is 1. The average molecular weight is 291 g/mol. The largest absolute Gasteiger partial charge is 0.392 e. The molecule has 5 nitrogen and oxygen atoms in total. The van der Waals surface area contributed by atoms with E-state index in [0.29, 0.717) is 17.8 Å². The summed E-state index contributed by atoms with van der Waals surface area (Å²) >= 11 is 1.60. The second-order valence-electron chi connectivity index (χ2n) is 4.65. The molecule has 1 unspecified atom stereocenters. The van der Waals surface area contributed by atoms with Gasteiger partial charge < -0.3 is 10.4 Å². The SMILES string of the molecule is Cc1csc(C(C)CNC(=O)c2cc(CO)ccn2)n1. The first kappa shape index (κ1) is 14.6. The van der Waals surface area contributed by atoms with Crippen molar-refractivity contribution in [3.05, 3.63) is 45.7 Å². The standard InChI is InChI=1S/C14H17N3O2S/c1-9(14-17-10(2)8-20-14)6-16-13(19)12-5-11(7-18)3-4-15-12/h3-5,8-9,18H,6-7H2,1-2H3,(H,16,19). The Kier molecular flexibility index (Phi) is 4.81. The normalized spacial score (nSPS) is 12.2. The van der Waals surface area contributed by atoms with Crippen molar-refractivity contribution in [3.63, 3.8) is 0 Å². The zero-order valence-corrected chi connectivity index (χ0v) is 12.3. The maximum Gasteiger partial charge on any atom is 0.269 e. The Morgan fingerprint density at radius 2 is 2.35 bits per heavy atom. The molecule has 0 bridgehead atoms. The number of carbonyl (C=O) groups excluding carboxylic acids is 1. The molecule has 0 fully saturated rings. The van der Waals surface area contributed by atoms with Gasteiger partial charge in [0.15, 0.2) is 0 Å². The lowest BCUT2D eigenvalue weighted by Gasteiger charge is -2.10. The molecule has 2 heterocycles. The van der Waals surface area contributed by atoms with Gasteiger partial charge in [-0.05, 0) is 24.6 Å². The number of nitrogens with one attached hydrogen (secondary N) is 1. The number of rotatable bonds is 5. The summed E-state index contributed by atoms with van der Waals surface area (Å²) in [6.45, 7) is 4.39. The molecule has 1 atom stereocenters. The second kappa shape index (κ2) is 6.58. The third-order valence-electron chi connectivity index (χ3n) is 2.87. The van der Waals surface area contributed by atoms with Crippen LogP contribution in [-0.4, -0.2) is 27.5 Å². The maximum atomic E-state index is 12.0. The molecule has 0 aromatic carbocycles. The Morgan fingerprint density at radius 1 is 1.55 bits per heavy atom. The van der Waals surface area contributed by atoms with E-state index in [2.05, 4.69) is 15.3 Å². The zero-order valence-electron chi connectivity index (χ0n) is 11.5. The topological polar surface area (TPSA) is 75.1 Å². The first-order valence-electron chi connectivity index (χ1n) is 6.36. The Balaban J connectivity index is 1.94. The van der Waals surface area contributed by atoms with E-state index in [1.807, 2.05) is 19.2 Å². The van der Waals surface area contributed by atoms with E-state index in [0.717, 1.165) is 10.7 Å². The van der Waals surface area contributed by atoms with Crippen LogP contribution in [0.25, 0.3) is 0 Å². The van der Waals surface area contributed by atoms with Crippen LogP contribution in [0.3, 0.4) is 0 Å². The quantitative estimate of drug-likeness (QED) is 0.882. The van der Waals surface area contributed by atoms with Crippen molar-refractivity contribution in [1.82, 2.24) is 15.3 Å². The molecule has 0 saturated heterocycles. The number of aromatic nitrogens is 2. The Bertz CT molecular complexity index is 598. The predicted octanol–water partition coefficient (Wildman–Crippen LogP) is 1.87. The smallest absolute Gasteiger partial charge is 0.269 e. The summed E-state index contributed by atoms with van der Waals surface area (Å²) < 4.78 is 0. The first-order chi connectivity index (χ1) is 9.60. The van der Waals surface area contributed by atoms with Gasteiger partial charge in [0.2, 0.25) is 0 Å². The predicted molar refractivity (Wildman–Crippen MR) is 77.8 cm³/mol. The third-order valence-corrected chi connectivity index (χ3v) is 4.06. The van der Waals surface area contributed by atoms with Gasteiger partial charge in [-0.2, -0.15) is 0 Å². The number of pyridine rings is 1. The summed E-state index contributed by atoms with van der Waals surface area (Å²) in [6, 6.07) is 3.27. The summed E-state index contributed by atoms with van der Waals surface area (Å²) in [4.78, 5) is 20.4. The lowest BCUT2D eigenvalue weighted by Crippen LogP contribution is -2.28. The third kappa shape index (κ3) is 3.61. The van der Waals surface area contributed by atoms with Crippen molar-refractivity contribution < 1.29 is 9.90 Å². The molecule has 0 aliphatic rings. The highest BCUT2D eigenvalue weighted by Gasteiger charge is 2.13. The highest BCUT2D eigenvalue weighted by molar-refractivity contribution is 7.09. The number of aliphatic hydroxyl groups excluding tert-OH is 1. The van der Waals surface area contributed by atoms with Gasteiger partial charge in [-0.3, -0.25) is 9.78 Å². The molecular formula is C14H17N3O2S. The van der Waals surface area contributed by atoms with Gasteiger partial charge in [0.05, 0.1) is 11.6 Å². The van der Waals surface area contributed by atoms with Crippen molar-refractivity contribution in [2.45, 2.75) is 26.4 Å². The number of amides is 1. The number of hydrogen-bond donors (Lipinski definition) is 2. The molecule has 20 heavy (non-hydrogen) atoms. The second-order valence-corrected chi connectivity index (χ2v) is 5.54.